The number of nitrogens with two attached hydrogens (primary N) is 1. The number of nitrogens with zero attached hydrogens (tertiary/aromatic N) is 2. The molecule has 0 aliphatic carbocycles. The molecule has 0 saturated carbocycles. The van der Waals surface area contributed by atoms with E-state index < -0.39 is 0 Å². The van der Waals surface area contributed by atoms with Gasteiger partial charge in [0, 0.05) is 12.1 Å². The van der Waals surface area contributed by atoms with Crippen molar-refractivity contribution in [1.82, 2.24) is 15.2 Å². The van der Waals surface area contributed by atoms with E-state index in [1.54, 1.807) is 6.33 Å². The summed E-state index contributed by atoms with van der Waals surface area (Å²) in [6.07, 6.45) is 2.32. The van der Waals surface area contributed by atoms with Crippen LogP contribution in [0, 0.1) is 0 Å². The molecule has 1 aromatic carbocycles. The van der Waals surface area contributed by atoms with Crippen molar-refractivity contribution in [2.45, 2.75) is 6.42 Å². The lowest BCUT2D eigenvalue weighted by Crippen LogP contribution is -1.91. The SMILES string of the molecule is Nc1ccc(Cc2nc[nH]n2)cc1. The van der Waals surface area contributed by atoms with Crippen LogP contribution in [0.3, 0.4) is 0 Å². The molecule has 0 unspecified atom stereocenters. The average Bonchev–Trinajstić information content (AvgIpc) is 2.62. The fourth-order valence-corrected chi connectivity index (χ4v) is 1.14. The Bertz CT molecular complexity index is 363. The van der Waals surface area contributed by atoms with Crippen LogP contribution < -0.4 is 5.73 Å². The predicted molar refractivity (Wildman–Crippen MR) is 50.0 cm³/mol. The van der Waals surface area contributed by atoms with E-state index in [1.165, 1.54) is 0 Å². The molecule has 1 heterocycles. The molecule has 1 aromatic heterocycles. The van der Waals surface area contributed by atoms with Gasteiger partial charge in [0.15, 0.2) is 5.82 Å². The Hall–Kier alpha value is -1.84. The highest BCUT2D eigenvalue weighted by atomic mass is 15.2. The number of aromatic amines is 1. The van der Waals surface area contributed by atoms with Crippen LogP contribution in [0.1, 0.15) is 11.4 Å². The predicted octanol–water partition coefficient (Wildman–Crippen LogP) is 0.978. The number of H-pyrrole nitrogens is 1. The van der Waals surface area contributed by atoms with Gasteiger partial charge in [-0.2, -0.15) is 5.10 Å². The number of anilines is 1. The molecule has 0 aliphatic rings. The molecule has 0 atom stereocenters. The lowest BCUT2D eigenvalue weighted by Gasteiger charge is -1.97. The number of rotatable bonds is 2. The number of hydrogen-bond acceptors (Lipinski definition) is 3. The molecule has 0 amide bonds. The minimum Gasteiger partial charge on any atom is -0.399 e. The first-order valence-corrected chi connectivity index (χ1v) is 4.03. The molecule has 4 nitrogen and oxygen atoms in total. The van der Waals surface area contributed by atoms with Crippen LogP contribution in [0.15, 0.2) is 30.6 Å². The van der Waals surface area contributed by atoms with Crippen LogP contribution in [0.25, 0.3) is 0 Å². The summed E-state index contributed by atoms with van der Waals surface area (Å²) in [6, 6.07) is 7.71. The maximum atomic E-state index is 5.56. The first-order chi connectivity index (χ1) is 6.34. The van der Waals surface area contributed by atoms with Gasteiger partial charge in [0.05, 0.1) is 0 Å². The first kappa shape index (κ1) is 7.79. The summed E-state index contributed by atoms with van der Waals surface area (Å²) in [4.78, 5) is 4.04. The van der Waals surface area contributed by atoms with Crippen molar-refractivity contribution in [3.05, 3.63) is 42.0 Å². The molecule has 3 N–H and O–H groups in total. The lowest BCUT2D eigenvalue weighted by molar-refractivity contribution is 0.972. The van der Waals surface area contributed by atoms with Crippen molar-refractivity contribution < 1.29 is 0 Å². The van der Waals surface area contributed by atoms with Gasteiger partial charge >= 0.3 is 0 Å². The van der Waals surface area contributed by atoms with Gasteiger partial charge in [-0.3, -0.25) is 5.10 Å². The lowest BCUT2D eigenvalue weighted by atomic mass is 10.1. The second-order valence-electron chi connectivity index (χ2n) is 2.83. The van der Waals surface area contributed by atoms with E-state index >= 15 is 0 Å². The van der Waals surface area contributed by atoms with Crippen LogP contribution in [-0.4, -0.2) is 15.2 Å². The number of nitrogen functional groups attached to an aromatic ring is 1. The Morgan fingerprint density at radius 1 is 1.23 bits per heavy atom. The molecular formula is C9H10N4. The summed E-state index contributed by atoms with van der Waals surface area (Å²) in [5.74, 6) is 0.796. The summed E-state index contributed by atoms with van der Waals surface area (Å²) < 4.78 is 0. The van der Waals surface area contributed by atoms with Gasteiger partial charge in [-0.15, -0.1) is 0 Å². The third kappa shape index (κ3) is 1.84. The van der Waals surface area contributed by atoms with Gasteiger partial charge in [0.2, 0.25) is 0 Å². The molecule has 66 valence electrons. The minimum atomic E-state index is 0.740. The summed E-state index contributed by atoms with van der Waals surface area (Å²) in [7, 11) is 0. The second kappa shape index (κ2) is 3.26. The monoisotopic (exact) mass is 174 g/mol. The van der Waals surface area contributed by atoms with Gasteiger partial charge in [-0.05, 0) is 17.7 Å². The Labute approximate surface area is 75.8 Å². The van der Waals surface area contributed by atoms with Gasteiger partial charge < -0.3 is 5.73 Å². The Balaban J connectivity index is 2.15. The van der Waals surface area contributed by atoms with E-state index in [2.05, 4.69) is 15.2 Å². The highest BCUT2D eigenvalue weighted by molar-refractivity contribution is 5.39. The van der Waals surface area contributed by atoms with E-state index in [0.717, 1.165) is 23.5 Å². The fraction of sp³-hybridized carbons (Fsp3) is 0.111. The van der Waals surface area contributed by atoms with E-state index in [0.29, 0.717) is 0 Å². The highest BCUT2D eigenvalue weighted by Crippen LogP contribution is 2.08. The number of hydrogen-bond donors (Lipinski definition) is 2. The van der Waals surface area contributed by atoms with Gasteiger partial charge in [0.1, 0.15) is 6.33 Å². The number of nitrogens with one attached hydrogen (secondary N) is 1. The molecule has 0 saturated heterocycles. The highest BCUT2D eigenvalue weighted by Gasteiger charge is 1.98. The number of benzene rings is 1. The van der Waals surface area contributed by atoms with Crippen LogP contribution in [0.4, 0.5) is 5.69 Å². The molecule has 2 rings (SSSR count). The van der Waals surface area contributed by atoms with Crippen molar-refractivity contribution in [2.24, 2.45) is 0 Å². The van der Waals surface area contributed by atoms with Crippen LogP contribution in [-0.2, 0) is 6.42 Å². The normalized spacial score (nSPS) is 10.2. The second-order valence-corrected chi connectivity index (χ2v) is 2.83. The standard InChI is InChI=1S/C9H10N4/c10-8-3-1-7(2-4-8)5-9-11-6-12-13-9/h1-4,6H,5,10H2,(H,11,12,13). The molecule has 0 spiro atoms. The van der Waals surface area contributed by atoms with Gasteiger partial charge in [0.25, 0.3) is 0 Å². The van der Waals surface area contributed by atoms with Crippen molar-refractivity contribution in [1.29, 1.82) is 0 Å². The van der Waals surface area contributed by atoms with E-state index in [4.69, 9.17) is 5.73 Å². The first-order valence-electron chi connectivity index (χ1n) is 4.03. The summed E-state index contributed by atoms with van der Waals surface area (Å²) >= 11 is 0. The molecule has 0 fully saturated rings. The molecule has 0 bridgehead atoms. The summed E-state index contributed by atoms with van der Waals surface area (Å²) in [6.45, 7) is 0. The Kier molecular flexibility index (Phi) is 1.96. The smallest absolute Gasteiger partial charge is 0.154 e. The largest absolute Gasteiger partial charge is 0.399 e. The summed E-state index contributed by atoms with van der Waals surface area (Å²) in [5, 5.41) is 6.64. The third-order valence-corrected chi connectivity index (χ3v) is 1.81. The van der Waals surface area contributed by atoms with Crippen LogP contribution in [0.2, 0.25) is 0 Å². The van der Waals surface area contributed by atoms with Crippen LogP contribution in [0.5, 0.6) is 0 Å². The summed E-state index contributed by atoms with van der Waals surface area (Å²) in [5.41, 5.74) is 7.50. The maximum Gasteiger partial charge on any atom is 0.154 e. The zero-order chi connectivity index (χ0) is 9.10. The van der Waals surface area contributed by atoms with Gasteiger partial charge in [-0.25, -0.2) is 4.98 Å². The molecule has 4 heteroatoms. The minimum absolute atomic E-state index is 0.740. The molecular weight excluding hydrogens is 164 g/mol. The van der Waals surface area contributed by atoms with Crippen LogP contribution >= 0.6 is 0 Å². The van der Waals surface area contributed by atoms with Gasteiger partial charge in [-0.1, -0.05) is 12.1 Å². The topological polar surface area (TPSA) is 67.6 Å². The maximum absolute atomic E-state index is 5.56. The van der Waals surface area contributed by atoms with E-state index in [-0.39, 0.29) is 0 Å². The van der Waals surface area contributed by atoms with E-state index in [9.17, 15) is 0 Å². The molecule has 13 heavy (non-hydrogen) atoms. The Morgan fingerprint density at radius 3 is 2.62 bits per heavy atom. The fourth-order valence-electron chi connectivity index (χ4n) is 1.14. The zero-order valence-corrected chi connectivity index (χ0v) is 7.07. The molecule has 0 aliphatic heterocycles. The van der Waals surface area contributed by atoms with E-state index in [1.807, 2.05) is 24.3 Å². The Morgan fingerprint density at radius 2 is 2.00 bits per heavy atom. The third-order valence-electron chi connectivity index (χ3n) is 1.81. The van der Waals surface area contributed by atoms with Crippen molar-refractivity contribution in [3.8, 4) is 0 Å². The molecule has 2 aromatic rings. The number of aromatic nitrogens is 3. The van der Waals surface area contributed by atoms with Crippen molar-refractivity contribution in [2.75, 3.05) is 5.73 Å². The zero-order valence-electron chi connectivity index (χ0n) is 7.07. The van der Waals surface area contributed by atoms with Crippen molar-refractivity contribution >= 4 is 5.69 Å². The average molecular weight is 174 g/mol. The van der Waals surface area contributed by atoms with Crippen molar-refractivity contribution in [3.63, 3.8) is 0 Å². The molecule has 0 radical (unpaired) electrons. The quantitative estimate of drug-likeness (QED) is 0.667.